The first-order valence-corrected chi connectivity index (χ1v) is 5.87. The third-order valence-electron chi connectivity index (χ3n) is 2.46. The van der Waals surface area contributed by atoms with Crippen molar-refractivity contribution in [3.05, 3.63) is 22.9 Å². The van der Waals surface area contributed by atoms with E-state index in [2.05, 4.69) is 9.72 Å². The van der Waals surface area contributed by atoms with Crippen molar-refractivity contribution in [1.82, 2.24) is 4.98 Å². The molecule has 8 heteroatoms. The molecule has 0 saturated carbocycles. The minimum absolute atomic E-state index is 0.0554. The molecule has 0 saturated heterocycles. The lowest BCUT2D eigenvalue weighted by Crippen LogP contribution is -2.19. The predicted molar refractivity (Wildman–Crippen MR) is 63.9 cm³/mol. The fourth-order valence-electron chi connectivity index (χ4n) is 1.71. The van der Waals surface area contributed by atoms with Gasteiger partial charge in [-0.3, -0.25) is 4.79 Å². The summed E-state index contributed by atoms with van der Waals surface area (Å²) in [5, 5.41) is 0. The van der Waals surface area contributed by atoms with Crippen molar-refractivity contribution >= 4 is 5.97 Å². The second-order valence-electron chi connectivity index (χ2n) is 3.92. The van der Waals surface area contributed by atoms with Gasteiger partial charge in [-0.05, 0) is 25.0 Å². The van der Waals surface area contributed by atoms with Gasteiger partial charge in [-0.1, -0.05) is 0 Å². The Bertz CT molecular complexity index is 490. The number of alkyl halides is 3. The van der Waals surface area contributed by atoms with Crippen LogP contribution in [0.4, 0.5) is 13.2 Å². The number of halogens is 3. The smallest absolute Gasteiger partial charge is 0.466 e. The van der Waals surface area contributed by atoms with Crippen molar-refractivity contribution < 1.29 is 27.4 Å². The summed E-state index contributed by atoms with van der Waals surface area (Å²) in [5.41, 5.74) is 6.63. The zero-order chi connectivity index (χ0) is 15.3. The van der Waals surface area contributed by atoms with Crippen LogP contribution in [0.3, 0.4) is 0 Å². The fraction of sp³-hybridized carbons (Fsp3) is 0.500. The van der Waals surface area contributed by atoms with Crippen molar-refractivity contribution in [3.63, 3.8) is 0 Å². The van der Waals surface area contributed by atoms with Crippen molar-refractivity contribution in [1.29, 1.82) is 0 Å². The van der Waals surface area contributed by atoms with E-state index in [0.29, 0.717) is 11.1 Å². The summed E-state index contributed by atoms with van der Waals surface area (Å²) in [5.74, 6) is -1.17. The van der Waals surface area contributed by atoms with Crippen LogP contribution in [0.2, 0.25) is 0 Å². The molecule has 0 spiro atoms. The Hall–Kier alpha value is -1.83. The number of nitrogens with zero attached hydrogens (tertiary/aromatic N) is 1. The number of esters is 1. The Morgan fingerprint density at radius 1 is 1.45 bits per heavy atom. The number of pyridine rings is 1. The lowest BCUT2D eigenvalue weighted by molar-refractivity contribution is -0.276. The third-order valence-corrected chi connectivity index (χ3v) is 2.46. The van der Waals surface area contributed by atoms with Gasteiger partial charge in [0.25, 0.3) is 0 Å². The first kappa shape index (κ1) is 16.2. The van der Waals surface area contributed by atoms with Crippen LogP contribution in [0.1, 0.15) is 23.7 Å². The number of aromatic nitrogens is 1. The van der Waals surface area contributed by atoms with Gasteiger partial charge in [-0.2, -0.15) is 0 Å². The summed E-state index contributed by atoms with van der Waals surface area (Å²) in [6.45, 7) is 3.38. The molecule has 0 aromatic carbocycles. The number of aryl methyl sites for hydroxylation is 1. The molecule has 0 aliphatic rings. The lowest BCUT2D eigenvalue weighted by atomic mass is 10.0. The Labute approximate surface area is 113 Å². The summed E-state index contributed by atoms with van der Waals surface area (Å²) in [6, 6.07) is 1.06. The summed E-state index contributed by atoms with van der Waals surface area (Å²) in [6.07, 6.45) is -5.02. The number of nitrogens with two attached hydrogens (primary N) is 1. The number of rotatable bonds is 5. The first-order chi connectivity index (χ1) is 9.26. The number of hydrogen-bond donors (Lipinski definition) is 1. The average Bonchev–Trinajstić information content (AvgIpc) is 2.26. The average molecular weight is 292 g/mol. The maximum atomic E-state index is 12.2. The van der Waals surface area contributed by atoms with Crippen LogP contribution in [0, 0.1) is 6.92 Å². The third kappa shape index (κ3) is 4.69. The van der Waals surface area contributed by atoms with Crippen LogP contribution in [0.25, 0.3) is 0 Å². The molecule has 2 N–H and O–H groups in total. The van der Waals surface area contributed by atoms with E-state index in [9.17, 15) is 18.0 Å². The quantitative estimate of drug-likeness (QED) is 0.838. The highest BCUT2D eigenvalue weighted by Crippen LogP contribution is 2.25. The van der Waals surface area contributed by atoms with Gasteiger partial charge in [0.2, 0.25) is 5.88 Å². The van der Waals surface area contributed by atoms with Crippen molar-refractivity contribution in [2.75, 3.05) is 6.61 Å². The first-order valence-electron chi connectivity index (χ1n) is 5.87. The van der Waals surface area contributed by atoms with Crippen LogP contribution in [-0.2, 0) is 22.5 Å². The van der Waals surface area contributed by atoms with Crippen molar-refractivity contribution in [3.8, 4) is 5.88 Å². The van der Waals surface area contributed by atoms with Gasteiger partial charge in [0, 0.05) is 18.3 Å². The van der Waals surface area contributed by atoms with E-state index in [1.165, 1.54) is 6.92 Å². The summed E-state index contributed by atoms with van der Waals surface area (Å²) < 4.78 is 45.1. The van der Waals surface area contributed by atoms with E-state index in [0.717, 1.165) is 6.07 Å². The molecule has 0 aliphatic heterocycles. The summed E-state index contributed by atoms with van der Waals surface area (Å²) in [7, 11) is 0. The molecule has 20 heavy (non-hydrogen) atoms. The Balaban J connectivity index is 3.09. The van der Waals surface area contributed by atoms with E-state index in [1.54, 1.807) is 6.92 Å². The molecular weight excluding hydrogens is 277 g/mol. The molecule has 1 aromatic heterocycles. The van der Waals surface area contributed by atoms with Gasteiger partial charge in [0.05, 0.1) is 13.0 Å². The lowest BCUT2D eigenvalue weighted by Gasteiger charge is -2.14. The Morgan fingerprint density at radius 3 is 2.60 bits per heavy atom. The monoisotopic (exact) mass is 292 g/mol. The molecule has 0 amide bonds. The van der Waals surface area contributed by atoms with Gasteiger partial charge in [-0.25, -0.2) is 4.98 Å². The fourth-order valence-corrected chi connectivity index (χ4v) is 1.71. The predicted octanol–water partition coefficient (Wildman–Crippen LogP) is 1.85. The van der Waals surface area contributed by atoms with Gasteiger partial charge in [0.15, 0.2) is 0 Å². The van der Waals surface area contributed by atoms with Crippen LogP contribution in [0.15, 0.2) is 6.07 Å². The minimum atomic E-state index is -4.84. The highest BCUT2D eigenvalue weighted by atomic mass is 19.4. The van der Waals surface area contributed by atoms with E-state index >= 15 is 0 Å². The highest BCUT2D eigenvalue weighted by molar-refractivity contribution is 5.73. The minimum Gasteiger partial charge on any atom is -0.466 e. The SMILES string of the molecule is CCOC(=O)Cc1cc(OC(F)(F)F)nc(C)c1CN. The van der Waals surface area contributed by atoms with Crippen LogP contribution < -0.4 is 10.5 Å². The second-order valence-corrected chi connectivity index (χ2v) is 3.92. The molecule has 0 fully saturated rings. The maximum absolute atomic E-state index is 12.2. The number of hydrogen-bond acceptors (Lipinski definition) is 5. The zero-order valence-electron chi connectivity index (χ0n) is 11.1. The van der Waals surface area contributed by atoms with Gasteiger partial charge < -0.3 is 15.2 Å². The van der Waals surface area contributed by atoms with Gasteiger partial charge >= 0.3 is 12.3 Å². The normalized spacial score (nSPS) is 11.3. The molecule has 5 nitrogen and oxygen atoms in total. The molecule has 1 aromatic rings. The maximum Gasteiger partial charge on any atom is 0.574 e. The Morgan fingerprint density at radius 2 is 2.10 bits per heavy atom. The summed E-state index contributed by atoms with van der Waals surface area (Å²) in [4.78, 5) is 15.1. The van der Waals surface area contributed by atoms with Crippen molar-refractivity contribution in [2.24, 2.45) is 5.73 Å². The van der Waals surface area contributed by atoms with E-state index in [1.807, 2.05) is 0 Å². The summed E-state index contributed by atoms with van der Waals surface area (Å²) >= 11 is 0. The highest BCUT2D eigenvalue weighted by Gasteiger charge is 2.32. The largest absolute Gasteiger partial charge is 0.574 e. The van der Waals surface area contributed by atoms with Gasteiger partial charge in [0.1, 0.15) is 0 Å². The topological polar surface area (TPSA) is 74.4 Å². The number of ether oxygens (including phenoxy) is 2. The molecule has 1 rings (SSSR count). The Kier molecular flexibility index (Phi) is 5.32. The van der Waals surface area contributed by atoms with Crippen LogP contribution >= 0.6 is 0 Å². The van der Waals surface area contributed by atoms with Gasteiger partial charge in [-0.15, -0.1) is 13.2 Å². The van der Waals surface area contributed by atoms with E-state index in [-0.39, 0.29) is 25.3 Å². The molecular formula is C12H15F3N2O3. The second kappa shape index (κ2) is 6.56. The zero-order valence-corrected chi connectivity index (χ0v) is 11.1. The molecule has 0 atom stereocenters. The molecule has 112 valence electrons. The standard InChI is InChI=1S/C12H15F3N2O3/c1-3-19-11(18)5-8-4-10(20-12(13,14)15)17-7(2)9(8)6-16/h4H,3,5-6,16H2,1-2H3. The van der Waals surface area contributed by atoms with E-state index < -0.39 is 18.2 Å². The molecule has 0 bridgehead atoms. The van der Waals surface area contributed by atoms with Crippen LogP contribution in [-0.4, -0.2) is 23.9 Å². The van der Waals surface area contributed by atoms with Crippen LogP contribution in [0.5, 0.6) is 5.88 Å². The van der Waals surface area contributed by atoms with Crippen molar-refractivity contribution in [2.45, 2.75) is 33.2 Å². The molecule has 0 unspecified atom stereocenters. The number of carbonyl (C=O) groups excluding carboxylic acids is 1. The molecule has 1 heterocycles. The molecule has 0 radical (unpaired) electrons. The molecule has 0 aliphatic carbocycles. The van der Waals surface area contributed by atoms with E-state index in [4.69, 9.17) is 10.5 Å². The number of carbonyl (C=O) groups is 1.